The molecule has 0 saturated carbocycles. The molecule has 0 spiro atoms. The Labute approximate surface area is 323 Å². The normalized spacial score (nSPS) is 14.0. The van der Waals surface area contributed by atoms with E-state index >= 15 is 0 Å². The number of amides is 2. The van der Waals surface area contributed by atoms with Crippen LogP contribution in [0.15, 0.2) is 102 Å². The second kappa shape index (κ2) is 17.3. The Kier molecular flexibility index (Phi) is 12.4. The van der Waals surface area contributed by atoms with Crippen LogP contribution in [0.3, 0.4) is 0 Å². The Bertz CT molecular complexity index is 2240. The van der Waals surface area contributed by atoms with Gasteiger partial charge in [-0.05, 0) is 92.8 Å². The average Bonchev–Trinajstić information content (AvgIpc) is 3.58. The van der Waals surface area contributed by atoms with Crippen LogP contribution in [0.25, 0.3) is 5.69 Å². The summed E-state index contributed by atoms with van der Waals surface area (Å²) in [6.07, 6.45) is 4.12. The van der Waals surface area contributed by atoms with Gasteiger partial charge in [-0.3, -0.25) is 14.3 Å². The topological polar surface area (TPSA) is 134 Å². The van der Waals surface area contributed by atoms with Crippen LogP contribution < -0.4 is 9.46 Å². The average molecular weight is 764 g/mol. The lowest BCUT2D eigenvalue weighted by Crippen LogP contribution is -2.46. The minimum absolute atomic E-state index is 0.0242. The highest BCUT2D eigenvalue weighted by Gasteiger charge is 2.32. The standard InChI is InChI=1S/C43H49N5O6S/c1-5-7-22-46(23-8-6-2)43(51)40-24-31(4)48(44-40)41-21-18-34(26-39(41)42(50)47-28-33-13-10-9-12-32(33)25-35(47)29-49)45-55(52,53)38-15-11-14-37(27-38)54-36-19-16-30(3)17-20-36/h9-21,24,26-27,35,45,49H,5-8,22-23,25,28-29H2,1-4H3/t35-/m0/s1. The molecule has 0 aliphatic carbocycles. The molecule has 0 saturated heterocycles. The van der Waals surface area contributed by atoms with Crippen molar-refractivity contribution in [3.63, 3.8) is 0 Å². The van der Waals surface area contributed by atoms with Gasteiger partial charge < -0.3 is 19.6 Å². The Balaban J connectivity index is 1.37. The van der Waals surface area contributed by atoms with Gasteiger partial charge in [-0.25, -0.2) is 13.1 Å². The van der Waals surface area contributed by atoms with Gasteiger partial charge in [-0.2, -0.15) is 5.10 Å². The lowest BCUT2D eigenvalue weighted by Gasteiger charge is -2.36. The molecule has 0 bridgehead atoms. The number of anilines is 1. The number of aliphatic hydroxyl groups is 1. The Morgan fingerprint density at radius 2 is 1.58 bits per heavy atom. The maximum Gasteiger partial charge on any atom is 0.274 e. The van der Waals surface area contributed by atoms with E-state index in [-0.39, 0.29) is 40.9 Å². The highest BCUT2D eigenvalue weighted by atomic mass is 32.2. The largest absolute Gasteiger partial charge is 0.457 e. The molecule has 0 unspecified atom stereocenters. The van der Waals surface area contributed by atoms with Gasteiger partial charge >= 0.3 is 0 Å². The van der Waals surface area contributed by atoms with E-state index < -0.39 is 22.0 Å². The molecule has 288 valence electrons. The number of carbonyl (C=O) groups excluding carboxylic acids is 2. The van der Waals surface area contributed by atoms with Crippen molar-refractivity contribution in [2.24, 2.45) is 0 Å². The first-order valence-electron chi connectivity index (χ1n) is 18.9. The van der Waals surface area contributed by atoms with Crippen molar-refractivity contribution in [1.82, 2.24) is 19.6 Å². The summed E-state index contributed by atoms with van der Waals surface area (Å²) in [7, 11) is -4.14. The maximum atomic E-state index is 14.7. The van der Waals surface area contributed by atoms with Crippen molar-refractivity contribution in [2.75, 3.05) is 24.4 Å². The Morgan fingerprint density at radius 3 is 2.27 bits per heavy atom. The molecule has 55 heavy (non-hydrogen) atoms. The van der Waals surface area contributed by atoms with Crippen molar-refractivity contribution in [3.8, 4) is 17.2 Å². The molecule has 5 aromatic rings. The molecule has 2 heterocycles. The van der Waals surface area contributed by atoms with E-state index in [1.54, 1.807) is 39.9 Å². The predicted molar refractivity (Wildman–Crippen MR) is 213 cm³/mol. The smallest absolute Gasteiger partial charge is 0.274 e. The van der Waals surface area contributed by atoms with Crippen LogP contribution in [0, 0.1) is 13.8 Å². The summed E-state index contributed by atoms with van der Waals surface area (Å²) in [4.78, 5) is 31.9. The number of benzene rings is 4. The molecule has 1 aromatic heterocycles. The monoisotopic (exact) mass is 763 g/mol. The fourth-order valence-corrected chi connectivity index (χ4v) is 7.84. The fraction of sp³-hybridized carbons (Fsp3) is 0.326. The third kappa shape index (κ3) is 9.09. The van der Waals surface area contributed by atoms with Crippen molar-refractivity contribution >= 4 is 27.5 Å². The first kappa shape index (κ1) is 39.2. The maximum absolute atomic E-state index is 14.7. The third-order valence-corrected chi connectivity index (χ3v) is 11.2. The minimum Gasteiger partial charge on any atom is -0.457 e. The number of rotatable bonds is 15. The molecular formula is C43H49N5O6S. The van der Waals surface area contributed by atoms with Gasteiger partial charge in [-0.1, -0.05) is 74.7 Å². The summed E-state index contributed by atoms with van der Waals surface area (Å²) in [5, 5.41) is 15.2. The van der Waals surface area contributed by atoms with E-state index in [4.69, 9.17) is 9.84 Å². The summed E-state index contributed by atoms with van der Waals surface area (Å²) in [5.41, 5.74) is 4.68. The van der Waals surface area contributed by atoms with Crippen LogP contribution >= 0.6 is 0 Å². The molecule has 1 aliphatic heterocycles. The zero-order valence-corrected chi connectivity index (χ0v) is 32.7. The number of nitrogens with one attached hydrogen (secondary N) is 1. The highest BCUT2D eigenvalue weighted by Crippen LogP contribution is 2.31. The van der Waals surface area contributed by atoms with Gasteiger partial charge in [0.1, 0.15) is 11.5 Å². The van der Waals surface area contributed by atoms with Gasteiger partial charge in [-0.15, -0.1) is 0 Å². The summed E-state index contributed by atoms with van der Waals surface area (Å²) >= 11 is 0. The van der Waals surface area contributed by atoms with Gasteiger partial charge in [0, 0.05) is 37.1 Å². The van der Waals surface area contributed by atoms with E-state index in [1.165, 1.54) is 18.2 Å². The first-order chi connectivity index (χ1) is 26.5. The Hall–Kier alpha value is -5.46. The van der Waals surface area contributed by atoms with Crippen LogP contribution in [0.5, 0.6) is 11.5 Å². The number of ether oxygens (including phenoxy) is 1. The third-order valence-electron chi connectivity index (χ3n) is 9.86. The fourth-order valence-electron chi connectivity index (χ4n) is 6.76. The minimum atomic E-state index is -4.14. The second-order valence-corrected chi connectivity index (χ2v) is 15.7. The molecule has 11 nitrogen and oxygen atoms in total. The number of unbranched alkanes of at least 4 members (excludes halogenated alkanes) is 2. The van der Waals surface area contributed by atoms with E-state index in [2.05, 4.69) is 18.6 Å². The lowest BCUT2D eigenvalue weighted by atomic mass is 9.93. The zero-order chi connectivity index (χ0) is 39.1. The second-order valence-electron chi connectivity index (χ2n) is 14.1. The number of sulfonamides is 1. The van der Waals surface area contributed by atoms with Crippen molar-refractivity contribution in [1.29, 1.82) is 0 Å². The summed E-state index contributed by atoms with van der Waals surface area (Å²) in [6, 6.07) is 27.4. The zero-order valence-electron chi connectivity index (χ0n) is 31.9. The molecule has 1 atom stereocenters. The number of fused-ring (bicyclic) bond motifs is 1. The molecule has 6 rings (SSSR count). The molecule has 4 aromatic carbocycles. The van der Waals surface area contributed by atoms with Crippen LogP contribution in [0.4, 0.5) is 5.69 Å². The van der Waals surface area contributed by atoms with Crippen LogP contribution in [0.1, 0.15) is 82.8 Å². The molecule has 12 heteroatoms. The SMILES string of the molecule is CCCCN(CCCC)C(=O)c1cc(C)n(-c2ccc(NS(=O)(=O)c3cccc(Oc4ccc(C)cc4)c3)cc2C(=O)N2Cc3ccccc3C[C@H]2CO)n1. The predicted octanol–water partition coefficient (Wildman–Crippen LogP) is 7.68. The molecule has 0 fully saturated rings. The summed E-state index contributed by atoms with van der Waals surface area (Å²) in [6.45, 7) is 9.21. The number of aryl methyl sites for hydroxylation is 2. The number of carbonyl (C=O) groups is 2. The number of aromatic nitrogens is 2. The number of nitrogens with zero attached hydrogens (tertiary/aromatic N) is 4. The molecular weight excluding hydrogens is 715 g/mol. The highest BCUT2D eigenvalue weighted by molar-refractivity contribution is 7.92. The van der Waals surface area contributed by atoms with Crippen LogP contribution in [-0.2, 0) is 23.0 Å². The Morgan fingerprint density at radius 1 is 0.873 bits per heavy atom. The van der Waals surface area contributed by atoms with E-state index in [9.17, 15) is 23.1 Å². The quantitative estimate of drug-likeness (QED) is 0.112. The molecule has 2 N–H and O–H groups in total. The van der Waals surface area contributed by atoms with Crippen LogP contribution in [-0.4, -0.2) is 70.7 Å². The number of hydrogen-bond acceptors (Lipinski definition) is 7. The molecule has 2 amide bonds. The van der Waals surface area contributed by atoms with Crippen molar-refractivity contribution in [3.05, 3.63) is 131 Å². The van der Waals surface area contributed by atoms with E-state index in [0.717, 1.165) is 42.4 Å². The molecule has 1 aliphatic rings. The van der Waals surface area contributed by atoms with Crippen molar-refractivity contribution < 1.29 is 27.9 Å². The van der Waals surface area contributed by atoms with Gasteiger partial charge in [0.15, 0.2) is 5.69 Å². The number of hydrogen-bond donors (Lipinski definition) is 2. The lowest BCUT2D eigenvalue weighted by molar-refractivity contribution is 0.0544. The summed E-state index contributed by atoms with van der Waals surface area (Å²) in [5.74, 6) is 0.332. The van der Waals surface area contributed by atoms with Gasteiger partial charge in [0.05, 0.1) is 28.8 Å². The van der Waals surface area contributed by atoms with Gasteiger partial charge in [0.25, 0.3) is 21.8 Å². The summed E-state index contributed by atoms with van der Waals surface area (Å²) < 4.78 is 37.8. The van der Waals surface area contributed by atoms with E-state index in [0.29, 0.717) is 42.4 Å². The van der Waals surface area contributed by atoms with Crippen LogP contribution in [0.2, 0.25) is 0 Å². The van der Waals surface area contributed by atoms with E-state index in [1.807, 2.05) is 67.3 Å². The molecule has 0 radical (unpaired) electrons. The van der Waals surface area contributed by atoms with Crippen molar-refractivity contribution in [2.45, 2.75) is 77.3 Å². The first-order valence-corrected chi connectivity index (χ1v) is 20.4. The van der Waals surface area contributed by atoms with Gasteiger partial charge in [0.2, 0.25) is 0 Å². The number of aliphatic hydroxyl groups excluding tert-OH is 1.